The first-order chi connectivity index (χ1) is 12.9. The van der Waals surface area contributed by atoms with Gasteiger partial charge in [0.05, 0.1) is 5.41 Å². The van der Waals surface area contributed by atoms with Gasteiger partial charge in [-0.2, -0.15) is 0 Å². The largest absolute Gasteiger partial charge is 0.454 e. The maximum absolute atomic E-state index is 13.0. The third-order valence-corrected chi connectivity index (χ3v) is 5.25. The number of carbonyl (C=O) groups is 1. The van der Waals surface area contributed by atoms with Gasteiger partial charge in [-0.25, -0.2) is 0 Å². The van der Waals surface area contributed by atoms with Gasteiger partial charge in [0.25, 0.3) is 0 Å². The molecular weight excluding hydrogens is 340 g/mol. The highest BCUT2D eigenvalue weighted by atomic mass is 16.7. The molecule has 27 heavy (non-hydrogen) atoms. The van der Waals surface area contributed by atoms with Gasteiger partial charge < -0.3 is 19.7 Å². The molecule has 1 amide bonds. The van der Waals surface area contributed by atoms with Crippen molar-refractivity contribution in [1.82, 2.24) is 0 Å². The Morgan fingerprint density at radius 1 is 1.07 bits per heavy atom. The Balaban J connectivity index is 1.80. The molecule has 0 fully saturated rings. The number of carbonyl (C=O) groups excluding carboxylic acids is 1. The van der Waals surface area contributed by atoms with Crippen LogP contribution in [0.25, 0.3) is 0 Å². The molecule has 0 atom stereocenters. The Bertz CT molecular complexity index is 841. The topological polar surface area (TPSA) is 50.8 Å². The summed E-state index contributed by atoms with van der Waals surface area (Å²) in [5, 5.41) is 3.09. The molecule has 1 heterocycles. The minimum Gasteiger partial charge on any atom is -0.454 e. The zero-order chi connectivity index (χ0) is 19.6. The van der Waals surface area contributed by atoms with E-state index >= 15 is 0 Å². The zero-order valence-corrected chi connectivity index (χ0v) is 16.8. The molecule has 5 nitrogen and oxygen atoms in total. The van der Waals surface area contributed by atoms with E-state index in [9.17, 15) is 4.79 Å². The lowest BCUT2D eigenvalue weighted by atomic mass is 9.83. The van der Waals surface area contributed by atoms with Gasteiger partial charge in [0.2, 0.25) is 12.7 Å². The quantitative estimate of drug-likeness (QED) is 0.816. The van der Waals surface area contributed by atoms with Crippen LogP contribution in [0.4, 0.5) is 11.4 Å². The van der Waals surface area contributed by atoms with Crippen molar-refractivity contribution < 1.29 is 14.3 Å². The van der Waals surface area contributed by atoms with Crippen LogP contribution in [0.2, 0.25) is 0 Å². The van der Waals surface area contributed by atoms with E-state index in [1.807, 2.05) is 45.0 Å². The molecule has 2 aromatic carbocycles. The first-order valence-corrected chi connectivity index (χ1v) is 9.44. The lowest BCUT2D eigenvalue weighted by molar-refractivity contribution is -0.120. The summed E-state index contributed by atoms with van der Waals surface area (Å²) in [6, 6.07) is 11.8. The van der Waals surface area contributed by atoms with Crippen molar-refractivity contribution in [2.45, 2.75) is 40.0 Å². The van der Waals surface area contributed by atoms with Crippen LogP contribution in [0.3, 0.4) is 0 Å². The molecule has 0 bridgehead atoms. The predicted octanol–water partition coefficient (Wildman–Crippen LogP) is 4.49. The number of amides is 1. The highest BCUT2D eigenvalue weighted by Gasteiger charge is 2.31. The van der Waals surface area contributed by atoms with Crippen LogP contribution in [0, 0.1) is 6.92 Å². The minimum absolute atomic E-state index is 0.0555. The molecule has 1 aliphatic heterocycles. The van der Waals surface area contributed by atoms with Crippen LogP contribution in [-0.4, -0.2) is 25.8 Å². The number of aryl methyl sites for hydroxylation is 1. The van der Waals surface area contributed by atoms with Crippen molar-refractivity contribution in [2.75, 3.05) is 30.1 Å². The second-order valence-corrected chi connectivity index (χ2v) is 7.32. The monoisotopic (exact) mass is 368 g/mol. The number of fused-ring (bicyclic) bond motifs is 1. The summed E-state index contributed by atoms with van der Waals surface area (Å²) in [5.74, 6) is 1.35. The van der Waals surface area contributed by atoms with Crippen LogP contribution in [-0.2, 0) is 10.2 Å². The summed E-state index contributed by atoms with van der Waals surface area (Å²) in [7, 11) is 0. The number of benzene rings is 2. The molecule has 1 aliphatic rings. The smallest absolute Gasteiger partial charge is 0.234 e. The summed E-state index contributed by atoms with van der Waals surface area (Å²) in [4.78, 5) is 15.3. The number of nitrogens with one attached hydrogen (secondary N) is 1. The second kappa shape index (κ2) is 7.51. The molecule has 0 saturated heterocycles. The number of hydrogen-bond donors (Lipinski definition) is 1. The van der Waals surface area contributed by atoms with Crippen LogP contribution in [0.1, 0.15) is 38.8 Å². The molecule has 0 spiro atoms. The van der Waals surface area contributed by atoms with Crippen molar-refractivity contribution in [1.29, 1.82) is 0 Å². The van der Waals surface area contributed by atoms with E-state index in [0.717, 1.165) is 35.7 Å². The molecule has 0 aliphatic carbocycles. The third kappa shape index (κ3) is 3.72. The van der Waals surface area contributed by atoms with E-state index in [4.69, 9.17) is 9.47 Å². The maximum atomic E-state index is 13.0. The first kappa shape index (κ1) is 19.1. The van der Waals surface area contributed by atoms with Gasteiger partial charge >= 0.3 is 0 Å². The van der Waals surface area contributed by atoms with Gasteiger partial charge in [0.1, 0.15) is 0 Å². The van der Waals surface area contributed by atoms with Crippen molar-refractivity contribution in [3.63, 3.8) is 0 Å². The van der Waals surface area contributed by atoms with Crippen molar-refractivity contribution in [3.8, 4) is 11.5 Å². The maximum Gasteiger partial charge on any atom is 0.234 e. The first-order valence-electron chi connectivity index (χ1n) is 9.44. The summed E-state index contributed by atoms with van der Waals surface area (Å²) in [6.45, 7) is 12.3. The van der Waals surface area contributed by atoms with E-state index in [1.54, 1.807) is 0 Å². The normalized spacial score (nSPS) is 12.8. The molecule has 144 valence electrons. The lowest BCUT2D eigenvalue weighted by Crippen LogP contribution is -2.35. The predicted molar refractivity (Wildman–Crippen MR) is 109 cm³/mol. The number of nitrogens with zero attached hydrogens (tertiary/aromatic N) is 1. The lowest BCUT2D eigenvalue weighted by Gasteiger charge is -2.26. The van der Waals surface area contributed by atoms with Crippen molar-refractivity contribution in [2.24, 2.45) is 0 Å². The fourth-order valence-corrected chi connectivity index (χ4v) is 3.27. The molecular formula is C22H28N2O3. The average molecular weight is 368 g/mol. The fraction of sp³-hybridized carbons (Fsp3) is 0.409. The van der Waals surface area contributed by atoms with Gasteiger partial charge in [-0.05, 0) is 76.1 Å². The van der Waals surface area contributed by atoms with E-state index < -0.39 is 5.41 Å². The summed E-state index contributed by atoms with van der Waals surface area (Å²) in [6.07, 6.45) is 0. The van der Waals surface area contributed by atoms with E-state index in [2.05, 4.69) is 36.2 Å². The number of hydrogen-bond acceptors (Lipinski definition) is 4. The summed E-state index contributed by atoms with van der Waals surface area (Å²) >= 11 is 0. The molecule has 0 radical (unpaired) electrons. The Morgan fingerprint density at radius 2 is 1.78 bits per heavy atom. The van der Waals surface area contributed by atoms with E-state index in [0.29, 0.717) is 5.75 Å². The van der Waals surface area contributed by atoms with Crippen LogP contribution < -0.4 is 19.7 Å². The molecule has 1 N–H and O–H groups in total. The summed E-state index contributed by atoms with van der Waals surface area (Å²) in [5.41, 5.74) is 3.25. The number of rotatable bonds is 6. The highest BCUT2D eigenvalue weighted by molar-refractivity contribution is 5.99. The Morgan fingerprint density at radius 3 is 2.44 bits per heavy atom. The molecule has 0 saturated carbocycles. The van der Waals surface area contributed by atoms with E-state index in [-0.39, 0.29) is 12.7 Å². The zero-order valence-electron chi connectivity index (χ0n) is 16.8. The second-order valence-electron chi connectivity index (χ2n) is 7.32. The van der Waals surface area contributed by atoms with Crippen molar-refractivity contribution in [3.05, 3.63) is 47.5 Å². The molecule has 0 unspecified atom stereocenters. The SMILES string of the molecule is CCN(CC)c1ccc(NC(=O)C(C)(C)c2ccc3c(c2)OCO3)c(C)c1. The standard InChI is InChI=1S/C22H28N2O3/c1-6-24(7-2)17-9-10-18(15(3)12-17)23-21(25)22(4,5)16-8-11-19-20(13-16)27-14-26-19/h8-13H,6-7,14H2,1-5H3,(H,23,25). The third-order valence-electron chi connectivity index (χ3n) is 5.25. The minimum atomic E-state index is -0.703. The molecule has 5 heteroatoms. The van der Waals surface area contributed by atoms with Gasteiger partial charge in [-0.1, -0.05) is 6.07 Å². The van der Waals surface area contributed by atoms with Gasteiger partial charge in [0, 0.05) is 24.5 Å². The Hall–Kier alpha value is -2.69. The number of ether oxygens (including phenoxy) is 2. The van der Waals surface area contributed by atoms with Gasteiger partial charge in [-0.3, -0.25) is 4.79 Å². The van der Waals surface area contributed by atoms with Gasteiger partial charge in [0.15, 0.2) is 11.5 Å². The fourth-order valence-electron chi connectivity index (χ4n) is 3.27. The number of anilines is 2. The van der Waals surface area contributed by atoms with Crippen LogP contribution >= 0.6 is 0 Å². The highest BCUT2D eigenvalue weighted by Crippen LogP contribution is 2.37. The Kier molecular flexibility index (Phi) is 5.31. The molecule has 3 rings (SSSR count). The van der Waals surface area contributed by atoms with E-state index in [1.165, 1.54) is 5.69 Å². The van der Waals surface area contributed by atoms with Gasteiger partial charge in [-0.15, -0.1) is 0 Å². The Labute approximate surface area is 161 Å². The van der Waals surface area contributed by atoms with Crippen molar-refractivity contribution >= 4 is 17.3 Å². The molecule has 0 aromatic heterocycles. The molecule has 2 aromatic rings. The van der Waals surface area contributed by atoms with Crippen LogP contribution in [0.5, 0.6) is 11.5 Å². The van der Waals surface area contributed by atoms with Crippen LogP contribution in [0.15, 0.2) is 36.4 Å². The average Bonchev–Trinajstić information content (AvgIpc) is 3.12. The summed E-state index contributed by atoms with van der Waals surface area (Å²) < 4.78 is 10.8.